The Morgan fingerprint density at radius 1 is 1.18 bits per heavy atom. The van der Waals surface area contributed by atoms with Gasteiger partial charge in [-0.25, -0.2) is 9.36 Å². The van der Waals surface area contributed by atoms with E-state index in [1.54, 1.807) is 31.2 Å². The van der Waals surface area contributed by atoms with Crippen LogP contribution in [-0.2, 0) is 6.54 Å². The summed E-state index contributed by atoms with van der Waals surface area (Å²) in [6, 6.07) is 10.0. The minimum absolute atomic E-state index is 0.190. The van der Waals surface area contributed by atoms with Gasteiger partial charge in [0.05, 0.1) is 5.69 Å². The molecule has 0 spiro atoms. The van der Waals surface area contributed by atoms with Crippen molar-refractivity contribution in [2.75, 3.05) is 5.73 Å². The highest BCUT2D eigenvalue weighted by molar-refractivity contribution is 5.34. The van der Waals surface area contributed by atoms with Crippen molar-refractivity contribution in [3.05, 3.63) is 57.2 Å². The maximum Gasteiger partial charge on any atom is 0.337 e. The highest BCUT2D eigenvalue weighted by Crippen LogP contribution is 2.02. The maximum atomic E-state index is 12.1. The third kappa shape index (κ3) is 1.87. The number of nitrogen functional groups attached to an aromatic ring is 1. The van der Waals surface area contributed by atoms with Gasteiger partial charge in [-0.05, 0) is 19.1 Å². The van der Waals surface area contributed by atoms with Crippen molar-refractivity contribution < 1.29 is 0 Å². The zero-order chi connectivity index (χ0) is 12.4. The molecule has 88 valence electrons. The van der Waals surface area contributed by atoms with Crippen molar-refractivity contribution in [2.24, 2.45) is 0 Å². The van der Waals surface area contributed by atoms with E-state index in [0.717, 1.165) is 4.57 Å². The maximum absolute atomic E-state index is 12.1. The summed E-state index contributed by atoms with van der Waals surface area (Å²) < 4.78 is 2.47. The number of rotatable bonds is 2. The molecule has 2 aromatic rings. The molecule has 0 unspecified atom stereocenters. The predicted octanol–water partition coefficient (Wildman–Crippen LogP) is 0.601. The van der Waals surface area contributed by atoms with Crippen molar-refractivity contribution in [2.45, 2.75) is 13.5 Å². The summed E-state index contributed by atoms with van der Waals surface area (Å²) in [5.41, 5.74) is 5.35. The molecule has 0 aliphatic rings. The van der Waals surface area contributed by atoms with Crippen LogP contribution in [0, 0.1) is 0 Å². The summed E-state index contributed by atoms with van der Waals surface area (Å²) in [6.07, 6.45) is 0. The molecule has 1 aromatic heterocycles. The molecule has 0 aliphatic heterocycles. The Hall–Kier alpha value is -2.30. The molecule has 0 amide bonds. The summed E-state index contributed by atoms with van der Waals surface area (Å²) in [7, 11) is 0. The Balaban J connectivity index is 2.80. The SMILES string of the molecule is CCn1c(N)cc(=O)n(-c2ccccc2)c1=O. The smallest absolute Gasteiger partial charge is 0.337 e. The molecule has 2 N–H and O–H groups in total. The molecule has 0 fully saturated rings. The van der Waals surface area contributed by atoms with Gasteiger partial charge in [0.1, 0.15) is 5.82 Å². The van der Waals surface area contributed by atoms with Gasteiger partial charge in [0, 0.05) is 12.6 Å². The van der Waals surface area contributed by atoms with E-state index >= 15 is 0 Å². The second-order valence-electron chi connectivity index (χ2n) is 3.61. The van der Waals surface area contributed by atoms with Crippen LogP contribution in [-0.4, -0.2) is 9.13 Å². The topological polar surface area (TPSA) is 70.0 Å². The lowest BCUT2D eigenvalue weighted by Crippen LogP contribution is -2.39. The molecule has 0 atom stereocenters. The van der Waals surface area contributed by atoms with Gasteiger partial charge < -0.3 is 5.73 Å². The average molecular weight is 231 g/mol. The van der Waals surface area contributed by atoms with Crippen molar-refractivity contribution in [1.82, 2.24) is 9.13 Å². The van der Waals surface area contributed by atoms with Crippen LogP contribution in [0.1, 0.15) is 6.92 Å². The van der Waals surface area contributed by atoms with Crippen LogP contribution < -0.4 is 17.0 Å². The summed E-state index contributed by atoms with van der Waals surface area (Å²) in [5, 5.41) is 0. The quantitative estimate of drug-likeness (QED) is 0.822. The molecule has 0 aliphatic carbocycles. The van der Waals surface area contributed by atoms with Crippen LogP contribution in [0.5, 0.6) is 0 Å². The second kappa shape index (κ2) is 4.29. The fourth-order valence-corrected chi connectivity index (χ4v) is 1.73. The number of hydrogen-bond donors (Lipinski definition) is 1. The van der Waals surface area contributed by atoms with Crippen molar-refractivity contribution in [1.29, 1.82) is 0 Å². The summed E-state index contributed by atoms with van der Waals surface area (Å²) in [6.45, 7) is 2.23. The van der Waals surface area contributed by atoms with E-state index in [0.29, 0.717) is 12.2 Å². The van der Waals surface area contributed by atoms with Crippen molar-refractivity contribution in [3.63, 3.8) is 0 Å². The fourth-order valence-electron chi connectivity index (χ4n) is 1.73. The first-order chi connectivity index (χ1) is 8.15. The number of nitrogens with two attached hydrogens (primary N) is 1. The molecule has 5 heteroatoms. The Labute approximate surface area is 97.7 Å². The van der Waals surface area contributed by atoms with Crippen molar-refractivity contribution >= 4 is 5.82 Å². The monoisotopic (exact) mass is 231 g/mol. The first-order valence-electron chi connectivity index (χ1n) is 5.33. The number of nitrogens with zero attached hydrogens (tertiary/aromatic N) is 2. The van der Waals surface area contributed by atoms with E-state index in [1.165, 1.54) is 10.6 Å². The van der Waals surface area contributed by atoms with E-state index in [1.807, 2.05) is 6.07 Å². The van der Waals surface area contributed by atoms with Gasteiger partial charge in [0.2, 0.25) is 0 Å². The van der Waals surface area contributed by atoms with Gasteiger partial charge in [-0.3, -0.25) is 9.36 Å². The van der Waals surface area contributed by atoms with E-state index in [9.17, 15) is 9.59 Å². The largest absolute Gasteiger partial charge is 0.385 e. The van der Waals surface area contributed by atoms with Gasteiger partial charge in [-0.15, -0.1) is 0 Å². The van der Waals surface area contributed by atoms with E-state index < -0.39 is 11.2 Å². The molecule has 1 aromatic carbocycles. The molecule has 0 bridgehead atoms. The van der Waals surface area contributed by atoms with E-state index in [-0.39, 0.29) is 5.82 Å². The average Bonchev–Trinajstić information content (AvgIpc) is 2.30. The van der Waals surface area contributed by atoms with Gasteiger partial charge >= 0.3 is 5.69 Å². The molecule has 0 saturated carbocycles. The lowest BCUT2D eigenvalue weighted by Gasteiger charge is -2.10. The van der Waals surface area contributed by atoms with E-state index in [2.05, 4.69) is 0 Å². The van der Waals surface area contributed by atoms with Crippen LogP contribution in [0.25, 0.3) is 5.69 Å². The first-order valence-corrected chi connectivity index (χ1v) is 5.33. The first kappa shape index (κ1) is 11.2. The normalized spacial score (nSPS) is 10.4. The van der Waals surface area contributed by atoms with E-state index in [4.69, 9.17) is 5.73 Å². The fraction of sp³-hybridized carbons (Fsp3) is 0.167. The summed E-state index contributed by atoms with van der Waals surface area (Å²) >= 11 is 0. The van der Waals surface area contributed by atoms with Crippen LogP contribution in [0.2, 0.25) is 0 Å². The van der Waals surface area contributed by atoms with Crippen LogP contribution in [0.4, 0.5) is 5.82 Å². The Bertz CT molecular complexity index is 641. The highest BCUT2D eigenvalue weighted by atomic mass is 16.2. The molecule has 2 rings (SSSR count). The zero-order valence-corrected chi connectivity index (χ0v) is 9.46. The van der Waals surface area contributed by atoms with Crippen LogP contribution in [0.15, 0.2) is 46.0 Å². The Morgan fingerprint density at radius 3 is 2.41 bits per heavy atom. The van der Waals surface area contributed by atoms with Gasteiger partial charge in [0.15, 0.2) is 0 Å². The molecule has 5 nitrogen and oxygen atoms in total. The van der Waals surface area contributed by atoms with Crippen LogP contribution >= 0.6 is 0 Å². The Morgan fingerprint density at radius 2 is 1.82 bits per heavy atom. The zero-order valence-electron chi connectivity index (χ0n) is 9.46. The predicted molar refractivity (Wildman–Crippen MR) is 66.4 cm³/mol. The molecule has 17 heavy (non-hydrogen) atoms. The number of aromatic nitrogens is 2. The molecule has 0 saturated heterocycles. The number of para-hydroxylation sites is 1. The Kier molecular flexibility index (Phi) is 2.82. The molecular formula is C12H13N3O2. The van der Waals surface area contributed by atoms with Gasteiger partial charge in [-0.2, -0.15) is 0 Å². The van der Waals surface area contributed by atoms with Gasteiger partial charge in [0.25, 0.3) is 5.56 Å². The van der Waals surface area contributed by atoms with Gasteiger partial charge in [-0.1, -0.05) is 18.2 Å². The van der Waals surface area contributed by atoms with Crippen molar-refractivity contribution in [3.8, 4) is 5.69 Å². The van der Waals surface area contributed by atoms with Crippen LogP contribution in [0.3, 0.4) is 0 Å². The lowest BCUT2D eigenvalue weighted by molar-refractivity contribution is 0.671. The minimum atomic E-state index is -0.414. The molecule has 1 heterocycles. The standard InChI is InChI=1S/C12H13N3O2/c1-2-14-10(13)8-11(16)15(12(14)17)9-6-4-3-5-7-9/h3-8H,2,13H2,1H3. The third-order valence-corrected chi connectivity index (χ3v) is 2.56. The molecular weight excluding hydrogens is 218 g/mol. The lowest BCUT2D eigenvalue weighted by atomic mass is 10.3. The third-order valence-electron chi connectivity index (χ3n) is 2.56. The number of hydrogen-bond acceptors (Lipinski definition) is 3. The second-order valence-corrected chi connectivity index (χ2v) is 3.61. The number of anilines is 1. The molecule has 0 radical (unpaired) electrons. The minimum Gasteiger partial charge on any atom is -0.385 e. The summed E-state index contributed by atoms with van der Waals surface area (Å²) in [4.78, 5) is 23.9. The number of benzene rings is 1. The summed E-state index contributed by atoms with van der Waals surface area (Å²) in [5.74, 6) is 0.190. The highest BCUT2D eigenvalue weighted by Gasteiger charge is 2.09.